The zero-order chi connectivity index (χ0) is 15.6. The van der Waals surface area contributed by atoms with Gasteiger partial charge in [-0.2, -0.15) is 4.31 Å². The van der Waals surface area contributed by atoms with Crippen LogP contribution in [0, 0.1) is 0 Å². The van der Waals surface area contributed by atoms with Gasteiger partial charge in [0, 0.05) is 26.2 Å². The Bertz CT molecular complexity index is 630. The molecule has 7 heteroatoms. The summed E-state index contributed by atoms with van der Waals surface area (Å²) in [6.07, 6.45) is 0. The van der Waals surface area contributed by atoms with Gasteiger partial charge in [-0.05, 0) is 31.7 Å². The summed E-state index contributed by atoms with van der Waals surface area (Å²) >= 11 is 0. The quantitative estimate of drug-likeness (QED) is 0.875. The van der Waals surface area contributed by atoms with Crippen molar-refractivity contribution >= 4 is 15.9 Å². The minimum Gasteiger partial charge on any atom is -0.343 e. The fourth-order valence-electron chi connectivity index (χ4n) is 2.20. The van der Waals surface area contributed by atoms with Gasteiger partial charge in [0.05, 0.1) is 11.4 Å². The van der Waals surface area contributed by atoms with Gasteiger partial charge in [-0.25, -0.2) is 8.42 Å². The third kappa shape index (κ3) is 3.25. The van der Waals surface area contributed by atoms with E-state index >= 15 is 0 Å². The van der Waals surface area contributed by atoms with Gasteiger partial charge in [0.15, 0.2) is 0 Å². The maximum atomic E-state index is 12.6. The number of benzene rings is 1. The van der Waals surface area contributed by atoms with E-state index < -0.39 is 10.0 Å². The summed E-state index contributed by atoms with van der Waals surface area (Å²) in [6.45, 7) is 2.62. The van der Waals surface area contributed by atoms with Gasteiger partial charge in [0.25, 0.3) is 0 Å². The van der Waals surface area contributed by atoms with Crippen molar-refractivity contribution in [2.45, 2.75) is 17.9 Å². The average Bonchev–Trinajstić information content (AvgIpc) is 2.49. The first kappa shape index (κ1) is 15.9. The number of hydrogen-bond acceptors (Lipinski definition) is 4. The minimum absolute atomic E-state index is 0.0641. The molecule has 1 aliphatic heterocycles. The lowest BCUT2D eigenvalue weighted by Crippen LogP contribution is -2.50. The van der Waals surface area contributed by atoms with Crippen molar-refractivity contribution in [1.82, 2.24) is 14.5 Å². The molecule has 0 aliphatic carbocycles. The first-order valence-electron chi connectivity index (χ1n) is 6.87. The van der Waals surface area contributed by atoms with Gasteiger partial charge in [-0.1, -0.05) is 12.1 Å². The number of likely N-dealkylation sites (N-methyl/N-ethyl adjacent to an activating group) is 1. The number of sulfonamides is 1. The highest BCUT2D eigenvalue weighted by Crippen LogP contribution is 2.21. The Morgan fingerprint density at radius 3 is 2.62 bits per heavy atom. The molecule has 1 N–H and O–H groups in total. The van der Waals surface area contributed by atoms with Crippen LogP contribution in [0.5, 0.6) is 0 Å². The number of nitrogens with one attached hydrogen (secondary N) is 1. The Hall–Kier alpha value is -1.44. The second-order valence-electron chi connectivity index (χ2n) is 5.24. The molecule has 0 radical (unpaired) electrons. The van der Waals surface area contributed by atoms with Crippen LogP contribution in [0.25, 0.3) is 0 Å². The standard InChI is InChI=1S/C14H21N3O3S/c1-11(15-2)12-5-4-6-13(9-12)21(19,20)17-8-7-16(3)14(18)10-17/h4-6,9,11,15H,7-8,10H2,1-3H3. The van der Waals surface area contributed by atoms with Crippen molar-refractivity contribution in [3.63, 3.8) is 0 Å². The highest BCUT2D eigenvalue weighted by molar-refractivity contribution is 7.89. The van der Waals surface area contributed by atoms with Crippen molar-refractivity contribution in [2.24, 2.45) is 0 Å². The molecule has 1 atom stereocenters. The normalized spacial score (nSPS) is 18.8. The molecular weight excluding hydrogens is 290 g/mol. The van der Waals surface area contributed by atoms with Crippen LogP contribution in [0.3, 0.4) is 0 Å². The number of carbonyl (C=O) groups is 1. The first-order chi connectivity index (χ1) is 9.86. The number of carbonyl (C=O) groups excluding carboxylic acids is 1. The fraction of sp³-hybridized carbons (Fsp3) is 0.500. The molecule has 0 aromatic heterocycles. The lowest BCUT2D eigenvalue weighted by atomic mass is 10.1. The second kappa shape index (κ2) is 6.13. The lowest BCUT2D eigenvalue weighted by molar-refractivity contribution is -0.132. The summed E-state index contributed by atoms with van der Waals surface area (Å²) in [7, 11) is -0.118. The summed E-state index contributed by atoms with van der Waals surface area (Å²) in [5.74, 6) is -0.176. The van der Waals surface area contributed by atoms with Crippen LogP contribution in [-0.4, -0.2) is 57.3 Å². The van der Waals surface area contributed by atoms with E-state index in [0.717, 1.165) is 5.56 Å². The van der Waals surface area contributed by atoms with Crippen molar-refractivity contribution in [1.29, 1.82) is 0 Å². The Balaban J connectivity index is 2.29. The third-order valence-corrected chi connectivity index (χ3v) is 5.69. The van der Waals surface area contributed by atoms with E-state index in [-0.39, 0.29) is 23.4 Å². The Labute approximate surface area is 125 Å². The molecular formula is C14H21N3O3S. The van der Waals surface area contributed by atoms with Crippen molar-refractivity contribution in [3.05, 3.63) is 29.8 Å². The van der Waals surface area contributed by atoms with Crippen LogP contribution in [-0.2, 0) is 14.8 Å². The topological polar surface area (TPSA) is 69.7 Å². The highest BCUT2D eigenvalue weighted by Gasteiger charge is 2.31. The van der Waals surface area contributed by atoms with E-state index in [1.54, 1.807) is 30.1 Å². The summed E-state index contributed by atoms with van der Waals surface area (Å²) < 4.78 is 26.5. The van der Waals surface area contributed by atoms with Crippen LogP contribution < -0.4 is 5.32 Å². The fourth-order valence-corrected chi connectivity index (χ4v) is 3.64. The van der Waals surface area contributed by atoms with Gasteiger partial charge in [0.2, 0.25) is 15.9 Å². The van der Waals surface area contributed by atoms with Gasteiger partial charge >= 0.3 is 0 Å². The maximum absolute atomic E-state index is 12.6. The SMILES string of the molecule is CNC(C)c1cccc(S(=O)(=O)N2CCN(C)C(=O)C2)c1. The molecule has 1 unspecified atom stereocenters. The average molecular weight is 311 g/mol. The molecule has 1 aromatic carbocycles. The molecule has 6 nitrogen and oxygen atoms in total. The van der Waals surface area contributed by atoms with Gasteiger partial charge in [-0.3, -0.25) is 4.79 Å². The van der Waals surface area contributed by atoms with Crippen molar-refractivity contribution in [3.8, 4) is 0 Å². The molecule has 0 saturated carbocycles. The first-order valence-corrected chi connectivity index (χ1v) is 8.31. The van der Waals surface area contributed by atoms with E-state index in [4.69, 9.17) is 0 Å². The summed E-state index contributed by atoms with van der Waals surface area (Å²) in [5, 5.41) is 3.08. The zero-order valence-corrected chi connectivity index (χ0v) is 13.4. The van der Waals surface area contributed by atoms with E-state index in [2.05, 4.69) is 5.32 Å². The molecule has 1 amide bonds. The molecule has 2 rings (SSSR count). The van der Waals surface area contributed by atoms with Gasteiger partial charge in [0.1, 0.15) is 0 Å². The smallest absolute Gasteiger partial charge is 0.243 e. The monoisotopic (exact) mass is 311 g/mol. The number of piperazine rings is 1. The van der Waals surface area contributed by atoms with E-state index in [1.807, 2.05) is 20.0 Å². The lowest BCUT2D eigenvalue weighted by Gasteiger charge is -2.31. The molecule has 1 fully saturated rings. The second-order valence-corrected chi connectivity index (χ2v) is 7.17. The predicted octanol–water partition coefficient (Wildman–Crippen LogP) is 0.430. The Morgan fingerprint density at radius 1 is 1.29 bits per heavy atom. The number of amides is 1. The van der Waals surface area contributed by atoms with Crippen LogP contribution >= 0.6 is 0 Å². The van der Waals surface area contributed by atoms with E-state index in [0.29, 0.717) is 13.1 Å². The maximum Gasteiger partial charge on any atom is 0.243 e. The molecule has 21 heavy (non-hydrogen) atoms. The van der Waals surface area contributed by atoms with Crippen molar-refractivity contribution < 1.29 is 13.2 Å². The van der Waals surface area contributed by atoms with Gasteiger partial charge in [-0.15, -0.1) is 0 Å². The van der Waals surface area contributed by atoms with Crippen LogP contribution in [0.15, 0.2) is 29.2 Å². The highest BCUT2D eigenvalue weighted by atomic mass is 32.2. The van der Waals surface area contributed by atoms with Gasteiger partial charge < -0.3 is 10.2 Å². The molecule has 0 spiro atoms. The number of hydrogen-bond donors (Lipinski definition) is 1. The third-order valence-electron chi connectivity index (χ3n) is 3.85. The number of rotatable bonds is 4. The van der Waals surface area contributed by atoms with E-state index in [1.165, 1.54) is 4.31 Å². The molecule has 1 saturated heterocycles. The summed E-state index contributed by atoms with van der Waals surface area (Å²) in [5.41, 5.74) is 0.902. The van der Waals surface area contributed by atoms with Crippen LogP contribution in [0.1, 0.15) is 18.5 Å². The summed E-state index contributed by atoms with van der Waals surface area (Å²) in [6, 6.07) is 6.92. The predicted molar refractivity (Wildman–Crippen MR) is 80.3 cm³/mol. The van der Waals surface area contributed by atoms with Crippen LogP contribution in [0.2, 0.25) is 0 Å². The molecule has 1 aliphatic rings. The number of nitrogens with zero attached hydrogens (tertiary/aromatic N) is 2. The zero-order valence-electron chi connectivity index (χ0n) is 12.5. The molecule has 0 bridgehead atoms. The Morgan fingerprint density at radius 2 is 2.00 bits per heavy atom. The molecule has 116 valence electrons. The van der Waals surface area contributed by atoms with Crippen LogP contribution in [0.4, 0.5) is 0 Å². The Kier molecular flexibility index (Phi) is 4.65. The summed E-state index contributed by atoms with van der Waals surface area (Å²) in [4.78, 5) is 13.5. The molecule has 1 aromatic rings. The van der Waals surface area contributed by atoms with E-state index in [9.17, 15) is 13.2 Å². The van der Waals surface area contributed by atoms with Crippen molar-refractivity contribution in [2.75, 3.05) is 33.7 Å². The minimum atomic E-state index is -3.62. The largest absolute Gasteiger partial charge is 0.343 e. The molecule has 1 heterocycles.